The van der Waals surface area contributed by atoms with Crippen molar-refractivity contribution < 1.29 is 9.53 Å². The van der Waals surface area contributed by atoms with Gasteiger partial charge in [-0.1, -0.05) is 0 Å². The van der Waals surface area contributed by atoms with E-state index in [-0.39, 0.29) is 24.2 Å². The number of carbonyl (C=O) groups excluding carboxylic acids is 1. The highest BCUT2D eigenvalue weighted by Crippen LogP contribution is 2.30. The van der Waals surface area contributed by atoms with Crippen LogP contribution in [0.3, 0.4) is 0 Å². The van der Waals surface area contributed by atoms with Gasteiger partial charge < -0.3 is 19.9 Å². The van der Waals surface area contributed by atoms with Crippen molar-refractivity contribution in [1.82, 2.24) is 25.1 Å². The average molecular weight is 319 g/mol. The second-order valence-corrected chi connectivity index (χ2v) is 6.91. The molecular weight excluding hydrogens is 294 g/mol. The molecule has 3 fully saturated rings. The molecule has 7 nitrogen and oxygen atoms in total. The zero-order chi connectivity index (χ0) is 15.8. The van der Waals surface area contributed by atoms with E-state index < -0.39 is 0 Å². The molecule has 4 rings (SSSR count). The molecule has 23 heavy (non-hydrogen) atoms. The van der Waals surface area contributed by atoms with Gasteiger partial charge in [-0.3, -0.25) is 4.90 Å². The first kappa shape index (κ1) is 15.0. The van der Waals surface area contributed by atoms with E-state index in [4.69, 9.17) is 4.74 Å². The van der Waals surface area contributed by atoms with Gasteiger partial charge in [-0.05, 0) is 25.7 Å². The maximum Gasteiger partial charge on any atom is 0.315 e. The Labute approximate surface area is 136 Å². The lowest BCUT2D eigenvalue weighted by Gasteiger charge is -2.21. The molecule has 0 aromatic carbocycles. The highest BCUT2D eigenvalue weighted by molar-refractivity contribution is 5.74. The summed E-state index contributed by atoms with van der Waals surface area (Å²) in [6.45, 7) is 2.75. The minimum absolute atomic E-state index is 0.0166. The normalized spacial score (nSPS) is 31.4. The summed E-state index contributed by atoms with van der Waals surface area (Å²) in [5, 5.41) is 6.21. The predicted molar refractivity (Wildman–Crippen MR) is 85.0 cm³/mol. The fourth-order valence-corrected chi connectivity index (χ4v) is 3.72. The van der Waals surface area contributed by atoms with Crippen LogP contribution in [-0.2, 0) is 11.8 Å². The van der Waals surface area contributed by atoms with Crippen LogP contribution in [0.25, 0.3) is 0 Å². The summed E-state index contributed by atoms with van der Waals surface area (Å²) >= 11 is 0. The Morgan fingerprint density at radius 2 is 2.17 bits per heavy atom. The van der Waals surface area contributed by atoms with E-state index in [0.29, 0.717) is 6.61 Å². The lowest BCUT2D eigenvalue weighted by Crippen LogP contribution is -2.48. The molecule has 1 aliphatic carbocycles. The number of nitrogens with one attached hydrogen (secondary N) is 2. The molecule has 0 radical (unpaired) electrons. The zero-order valence-electron chi connectivity index (χ0n) is 13.6. The number of nitrogens with zero attached hydrogens (tertiary/aromatic N) is 3. The molecule has 3 aliphatic rings. The Hall–Kier alpha value is -1.60. The second-order valence-electron chi connectivity index (χ2n) is 6.91. The Morgan fingerprint density at radius 1 is 1.30 bits per heavy atom. The van der Waals surface area contributed by atoms with Crippen molar-refractivity contribution >= 4 is 6.03 Å². The van der Waals surface area contributed by atoms with Gasteiger partial charge in [0.1, 0.15) is 11.9 Å². The standard InChI is InChI=1S/C16H25N5O2/c1-20-8-6-17-15(20)14-13(5-9-23-14)19-16(22)18-11-4-7-21(10-11)12-2-3-12/h6,8,11-14H,2-5,7,9-10H2,1H3,(H2,18,19,22)/t11?,13-,14-/m0/s1. The van der Waals surface area contributed by atoms with Crippen LogP contribution in [0.2, 0.25) is 0 Å². The molecule has 1 saturated carbocycles. The number of rotatable bonds is 4. The summed E-state index contributed by atoms with van der Waals surface area (Å²) in [7, 11) is 1.95. The number of urea groups is 1. The van der Waals surface area contributed by atoms with Crippen LogP contribution in [0.5, 0.6) is 0 Å². The molecular formula is C16H25N5O2. The Bertz CT molecular complexity index is 571. The van der Waals surface area contributed by atoms with E-state index >= 15 is 0 Å². The largest absolute Gasteiger partial charge is 0.368 e. The Morgan fingerprint density at radius 3 is 2.91 bits per heavy atom. The van der Waals surface area contributed by atoms with Crippen molar-refractivity contribution in [2.24, 2.45) is 7.05 Å². The predicted octanol–water partition coefficient (Wildman–Crippen LogP) is 0.786. The topological polar surface area (TPSA) is 71.4 Å². The van der Waals surface area contributed by atoms with Crippen LogP contribution in [0.4, 0.5) is 4.79 Å². The minimum atomic E-state index is -0.160. The fourth-order valence-electron chi connectivity index (χ4n) is 3.72. The second kappa shape index (κ2) is 6.13. The summed E-state index contributed by atoms with van der Waals surface area (Å²) in [5.74, 6) is 0.869. The third kappa shape index (κ3) is 3.21. The average Bonchev–Trinajstić information content (AvgIpc) is 2.91. The lowest BCUT2D eigenvalue weighted by atomic mass is 10.1. The summed E-state index contributed by atoms with van der Waals surface area (Å²) in [6, 6.07) is 0.949. The van der Waals surface area contributed by atoms with Crippen molar-refractivity contribution in [3.05, 3.63) is 18.2 Å². The van der Waals surface area contributed by atoms with Crippen molar-refractivity contribution in [2.45, 2.75) is 49.9 Å². The number of hydrogen-bond acceptors (Lipinski definition) is 4. The van der Waals surface area contributed by atoms with Crippen LogP contribution in [-0.4, -0.2) is 58.3 Å². The number of imidazole rings is 1. The molecule has 3 atom stereocenters. The number of ether oxygens (including phenoxy) is 1. The molecule has 2 saturated heterocycles. The Balaban J connectivity index is 1.30. The summed E-state index contributed by atoms with van der Waals surface area (Å²) in [4.78, 5) is 19.2. The number of likely N-dealkylation sites (tertiary alicyclic amines) is 1. The van der Waals surface area contributed by atoms with Crippen LogP contribution < -0.4 is 10.6 Å². The third-order valence-corrected chi connectivity index (χ3v) is 5.14. The van der Waals surface area contributed by atoms with Gasteiger partial charge in [-0.2, -0.15) is 0 Å². The number of hydrogen-bond donors (Lipinski definition) is 2. The van der Waals surface area contributed by atoms with E-state index in [1.165, 1.54) is 12.8 Å². The molecule has 1 aromatic rings. The first-order chi connectivity index (χ1) is 11.2. The number of aryl methyl sites for hydroxylation is 1. The van der Waals surface area contributed by atoms with Gasteiger partial charge in [-0.15, -0.1) is 0 Å². The van der Waals surface area contributed by atoms with Gasteiger partial charge in [0.25, 0.3) is 0 Å². The van der Waals surface area contributed by atoms with E-state index in [2.05, 4.69) is 20.5 Å². The van der Waals surface area contributed by atoms with Crippen molar-refractivity contribution in [3.63, 3.8) is 0 Å². The highest BCUT2D eigenvalue weighted by atomic mass is 16.5. The van der Waals surface area contributed by atoms with Crippen LogP contribution in [0.15, 0.2) is 12.4 Å². The van der Waals surface area contributed by atoms with Gasteiger partial charge in [0, 0.05) is 51.2 Å². The zero-order valence-corrected chi connectivity index (χ0v) is 13.6. The number of carbonyl (C=O) groups is 1. The molecule has 0 bridgehead atoms. The molecule has 2 amide bonds. The summed E-state index contributed by atoms with van der Waals surface area (Å²) < 4.78 is 7.74. The monoisotopic (exact) mass is 319 g/mol. The Kier molecular flexibility index (Phi) is 3.98. The highest BCUT2D eigenvalue weighted by Gasteiger charge is 2.36. The van der Waals surface area contributed by atoms with Gasteiger partial charge >= 0.3 is 6.03 Å². The van der Waals surface area contributed by atoms with Crippen LogP contribution in [0.1, 0.15) is 37.6 Å². The molecule has 2 N–H and O–H groups in total. The molecule has 2 aliphatic heterocycles. The number of amides is 2. The van der Waals surface area contributed by atoms with Gasteiger partial charge in [0.2, 0.25) is 0 Å². The van der Waals surface area contributed by atoms with Crippen molar-refractivity contribution in [2.75, 3.05) is 19.7 Å². The lowest BCUT2D eigenvalue weighted by molar-refractivity contribution is 0.0907. The number of aromatic nitrogens is 2. The molecule has 126 valence electrons. The van der Waals surface area contributed by atoms with E-state index in [1.54, 1.807) is 6.20 Å². The maximum absolute atomic E-state index is 12.3. The molecule has 1 unspecified atom stereocenters. The minimum Gasteiger partial charge on any atom is -0.368 e. The van der Waals surface area contributed by atoms with Gasteiger partial charge in [-0.25, -0.2) is 9.78 Å². The van der Waals surface area contributed by atoms with Crippen LogP contribution in [0, 0.1) is 0 Å². The molecule has 1 aromatic heterocycles. The fraction of sp³-hybridized carbons (Fsp3) is 0.750. The summed E-state index contributed by atoms with van der Waals surface area (Å²) in [6.07, 6.45) is 8.02. The van der Waals surface area contributed by atoms with E-state index in [1.807, 2.05) is 17.8 Å². The summed E-state index contributed by atoms with van der Waals surface area (Å²) in [5.41, 5.74) is 0. The van der Waals surface area contributed by atoms with Crippen LogP contribution >= 0.6 is 0 Å². The molecule has 3 heterocycles. The first-order valence-corrected chi connectivity index (χ1v) is 8.60. The van der Waals surface area contributed by atoms with E-state index in [9.17, 15) is 4.79 Å². The SMILES string of the molecule is Cn1ccnc1[C@H]1OCC[C@@H]1NC(=O)NC1CCN(C2CC2)C1. The molecule has 0 spiro atoms. The van der Waals surface area contributed by atoms with E-state index in [0.717, 1.165) is 37.8 Å². The van der Waals surface area contributed by atoms with Gasteiger partial charge in [0.05, 0.1) is 6.04 Å². The van der Waals surface area contributed by atoms with Gasteiger partial charge in [0.15, 0.2) is 0 Å². The maximum atomic E-state index is 12.3. The smallest absolute Gasteiger partial charge is 0.315 e. The molecule has 7 heteroatoms. The van der Waals surface area contributed by atoms with Crippen molar-refractivity contribution in [3.8, 4) is 0 Å². The first-order valence-electron chi connectivity index (χ1n) is 8.60. The quantitative estimate of drug-likeness (QED) is 0.860. The third-order valence-electron chi connectivity index (χ3n) is 5.14. The van der Waals surface area contributed by atoms with Crippen molar-refractivity contribution in [1.29, 1.82) is 0 Å².